The summed E-state index contributed by atoms with van der Waals surface area (Å²) >= 11 is 6.16. The third-order valence-electron chi connectivity index (χ3n) is 5.53. The highest BCUT2D eigenvalue weighted by atomic mass is 127. The van der Waals surface area contributed by atoms with E-state index in [1.165, 1.54) is 17.4 Å². The van der Waals surface area contributed by atoms with Gasteiger partial charge in [-0.2, -0.15) is 0 Å². The molecule has 4 rings (SSSR count). The SMILES string of the molecule is CCNC(=NCCc1c[nH]c2ccc(Cl)cc12)N1CCC(N2CC=CC2)C1.I. The van der Waals surface area contributed by atoms with Crippen molar-refractivity contribution in [3.8, 4) is 0 Å². The molecule has 1 unspecified atom stereocenters. The predicted octanol–water partition coefficient (Wildman–Crippen LogP) is 3.89. The van der Waals surface area contributed by atoms with E-state index in [0.29, 0.717) is 6.04 Å². The second-order valence-corrected chi connectivity index (χ2v) is 7.74. The average molecular weight is 514 g/mol. The van der Waals surface area contributed by atoms with Crippen LogP contribution in [0.5, 0.6) is 0 Å². The van der Waals surface area contributed by atoms with Crippen LogP contribution >= 0.6 is 35.6 Å². The molecule has 28 heavy (non-hydrogen) atoms. The lowest BCUT2D eigenvalue weighted by Gasteiger charge is -2.25. The van der Waals surface area contributed by atoms with E-state index in [9.17, 15) is 0 Å². The molecule has 0 bridgehead atoms. The highest BCUT2D eigenvalue weighted by Crippen LogP contribution is 2.23. The monoisotopic (exact) mass is 513 g/mol. The molecule has 0 amide bonds. The summed E-state index contributed by atoms with van der Waals surface area (Å²) in [5.41, 5.74) is 2.40. The molecule has 0 spiro atoms. The molecule has 2 aliphatic rings. The minimum Gasteiger partial charge on any atom is -0.361 e. The maximum absolute atomic E-state index is 6.16. The van der Waals surface area contributed by atoms with Crippen LogP contribution in [0.15, 0.2) is 41.5 Å². The molecule has 1 atom stereocenters. The first-order valence-electron chi connectivity index (χ1n) is 9.92. The first kappa shape index (κ1) is 21.5. The number of nitrogens with one attached hydrogen (secondary N) is 2. The second-order valence-electron chi connectivity index (χ2n) is 7.30. The van der Waals surface area contributed by atoms with Crippen LogP contribution in [0.1, 0.15) is 18.9 Å². The number of fused-ring (bicyclic) bond motifs is 1. The Hall–Kier alpha value is -1.25. The lowest BCUT2D eigenvalue weighted by molar-refractivity contribution is 0.259. The largest absolute Gasteiger partial charge is 0.361 e. The van der Waals surface area contributed by atoms with Gasteiger partial charge in [-0.3, -0.25) is 9.89 Å². The van der Waals surface area contributed by atoms with Crippen molar-refractivity contribution >= 4 is 52.4 Å². The molecule has 1 aromatic heterocycles. The fraction of sp³-hybridized carbons (Fsp3) is 0.476. The minimum absolute atomic E-state index is 0. The van der Waals surface area contributed by atoms with Crippen LogP contribution < -0.4 is 5.32 Å². The van der Waals surface area contributed by atoms with Crippen LogP contribution in [0.25, 0.3) is 10.9 Å². The molecule has 152 valence electrons. The van der Waals surface area contributed by atoms with Gasteiger partial charge in [-0.1, -0.05) is 23.8 Å². The molecule has 2 N–H and O–H groups in total. The molecular formula is C21H29ClIN5. The Morgan fingerprint density at radius 1 is 1.32 bits per heavy atom. The number of aromatic nitrogens is 1. The molecule has 2 aromatic rings. The lowest BCUT2D eigenvalue weighted by atomic mass is 10.1. The van der Waals surface area contributed by atoms with Gasteiger partial charge in [0.15, 0.2) is 5.96 Å². The molecule has 5 nitrogen and oxygen atoms in total. The van der Waals surface area contributed by atoms with Crippen molar-refractivity contribution in [3.63, 3.8) is 0 Å². The van der Waals surface area contributed by atoms with Gasteiger partial charge in [0, 0.05) is 67.4 Å². The third-order valence-corrected chi connectivity index (χ3v) is 5.77. The quantitative estimate of drug-likeness (QED) is 0.276. The number of nitrogens with zero attached hydrogens (tertiary/aromatic N) is 3. The van der Waals surface area contributed by atoms with E-state index in [0.717, 1.165) is 62.2 Å². The van der Waals surface area contributed by atoms with Gasteiger partial charge in [0.1, 0.15) is 0 Å². The van der Waals surface area contributed by atoms with Gasteiger partial charge in [-0.05, 0) is 43.5 Å². The molecule has 0 saturated carbocycles. The Labute approximate surface area is 189 Å². The van der Waals surface area contributed by atoms with E-state index in [1.54, 1.807) is 0 Å². The number of benzene rings is 1. The van der Waals surface area contributed by atoms with Crippen LogP contribution in [0.2, 0.25) is 5.02 Å². The zero-order valence-corrected chi connectivity index (χ0v) is 19.4. The Balaban J connectivity index is 0.00000225. The number of halogens is 2. The predicted molar refractivity (Wildman–Crippen MR) is 129 cm³/mol. The van der Waals surface area contributed by atoms with Crippen molar-refractivity contribution in [3.05, 3.63) is 47.1 Å². The zero-order chi connectivity index (χ0) is 18.6. The van der Waals surface area contributed by atoms with Crippen molar-refractivity contribution < 1.29 is 0 Å². The molecular weight excluding hydrogens is 485 g/mol. The molecule has 0 aliphatic carbocycles. The van der Waals surface area contributed by atoms with E-state index >= 15 is 0 Å². The molecule has 0 radical (unpaired) electrons. The Kier molecular flexibility index (Phi) is 7.65. The summed E-state index contributed by atoms with van der Waals surface area (Å²) in [6, 6.07) is 6.63. The van der Waals surface area contributed by atoms with Gasteiger partial charge in [0.25, 0.3) is 0 Å². The van der Waals surface area contributed by atoms with E-state index < -0.39 is 0 Å². The number of H-pyrrole nitrogens is 1. The van der Waals surface area contributed by atoms with E-state index in [2.05, 4.69) is 45.4 Å². The summed E-state index contributed by atoms with van der Waals surface area (Å²) in [7, 11) is 0. The van der Waals surface area contributed by atoms with Crippen LogP contribution in [-0.2, 0) is 6.42 Å². The van der Waals surface area contributed by atoms with Gasteiger partial charge in [0.2, 0.25) is 0 Å². The molecule has 3 heterocycles. The standard InChI is InChI=1S/C21H28ClN5.HI/c1-2-23-21(27-12-8-18(15-27)26-10-3-4-11-26)24-9-7-16-14-25-20-6-5-17(22)13-19(16)20;/h3-6,13-14,18,25H,2,7-12,15H2,1H3,(H,23,24);1H. The highest BCUT2D eigenvalue weighted by molar-refractivity contribution is 14.0. The number of aliphatic imine (C=N–C) groups is 1. The summed E-state index contributed by atoms with van der Waals surface area (Å²) in [4.78, 5) is 13.2. The number of aromatic amines is 1. The van der Waals surface area contributed by atoms with Crippen molar-refractivity contribution in [2.24, 2.45) is 4.99 Å². The maximum Gasteiger partial charge on any atom is 0.193 e. The van der Waals surface area contributed by atoms with E-state index in [4.69, 9.17) is 16.6 Å². The average Bonchev–Trinajstić information content (AvgIpc) is 3.41. The summed E-state index contributed by atoms with van der Waals surface area (Å²) < 4.78 is 0. The summed E-state index contributed by atoms with van der Waals surface area (Å²) in [5.74, 6) is 1.05. The normalized spacial score (nSPS) is 20.1. The third kappa shape index (κ3) is 4.83. The number of hydrogen-bond donors (Lipinski definition) is 2. The zero-order valence-electron chi connectivity index (χ0n) is 16.3. The Morgan fingerprint density at radius 3 is 2.93 bits per heavy atom. The van der Waals surface area contributed by atoms with Crippen molar-refractivity contribution in [1.29, 1.82) is 0 Å². The second kappa shape index (κ2) is 9.98. The topological polar surface area (TPSA) is 46.7 Å². The van der Waals surface area contributed by atoms with Gasteiger partial charge in [0.05, 0.1) is 0 Å². The van der Waals surface area contributed by atoms with Gasteiger partial charge in [-0.25, -0.2) is 0 Å². The smallest absolute Gasteiger partial charge is 0.193 e. The number of rotatable bonds is 5. The van der Waals surface area contributed by atoms with E-state index in [-0.39, 0.29) is 24.0 Å². The fourth-order valence-corrected chi connectivity index (χ4v) is 4.26. The van der Waals surface area contributed by atoms with Crippen molar-refractivity contribution in [2.45, 2.75) is 25.8 Å². The fourth-order valence-electron chi connectivity index (χ4n) is 4.09. The highest BCUT2D eigenvalue weighted by Gasteiger charge is 2.29. The van der Waals surface area contributed by atoms with E-state index in [1.807, 2.05) is 18.2 Å². The van der Waals surface area contributed by atoms with Crippen LogP contribution in [0, 0.1) is 0 Å². The van der Waals surface area contributed by atoms with Crippen LogP contribution in [0.3, 0.4) is 0 Å². The number of likely N-dealkylation sites (tertiary alicyclic amines) is 1. The molecule has 1 fully saturated rings. The minimum atomic E-state index is 0. The van der Waals surface area contributed by atoms with Gasteiger partial charge < -0.3 is 15.2 Å². The number of guanidine groups is 1. The maximum atomic E-state index is 6.16. The molecule has 1 saturated heterocycles. The van der Waals surface area contributed by atoms with Crippen LogP contribution in [-0.4, -0.2) is 66.1 Å². The lowest BCUT2D eigenvalue weighted by Crippen LogP contribution is -2.43. The number of hydrogen-bond acceptors (Lipinski definition) is 2. The first-order chi connectivity index (χ1) is 13.2. The summed E-state index contributed by atoms with van der Waals surface area (Å²) in [6.45, 7) is 8.13. The van der Waals surface area contributed by atoms with Crippen molar-refractivity contribution in [2.75, 3.05) is 39.3 Å². The van der Waals surface area contributed by atoms with Gasteiger partial charge in [-0.15, -0.1) is 24.0 Å². The Morgan fingerprint density at radius 2 is 2.14 bits per heavy atom. The first-order valence-corrected chi connectivity index (χ1v) is 10.3. The molecule has 2 aliphatic heterocycles. The van der Waals surface area contributed by atoms with Gasteiger partial charge >= 0.3 is 0 Å². The molecule has 1 aromatic carbocycles. The van der Waals surface area contributed by atoms with Crippen molar-refractivity contribution in [1.82, 2.24) is 20.1 Å². The molecule has 7 heteroatoms. The van der Waals surface area contributed by atoms with Crippen LogP contribution in [0.4, 0.5) is 0 Å². The summed E-state index contributed by atoms with van der Waals surface area (Å²) in [6.07, 6.45) is 8.75. The summed E-state index contributed by atoms with van der Waals surface area (Å²) in [5, 5.41) is 5.45. The Bertz CT molecular complexity index is 838.